The summed E-state index contributed by atoms with van der Waals surface area (Å²) in [5.41, 5.74) is 6.09. The van der Waals surface area contributed by atoms with E-state index in [0.29, 0.717) is 6.42 Å². The summed E-state index contributed by atoms with van der Waals surface area (Å²) in [6.45, 7) is 3.64. The summed E-state index contributed by atoms with van der Waals surface area (Å²) >= 11 is 0. The van der Waals surface area contributed by atoms with Crippen molar-refractivity contribution in [2.45, 2.75) is 31.2 Å². The van der Waals surface area contributed by atoms with Gasteiger partial charge in [-0.2, -0.15) is 0 Å². The van der Waals surface area contributed by atoms with E-state index in [-0.39, 0.29) is 11.5 Å². The first-order valence-electron chi connectivity index (χ1n) is 5.93. The van der Waals surface area contributed by atoms with E-state index in [1.165, 1.54) is 7.11 Å². The number of carbonyl (C=O) groups excluding carboxylic acids is 1. The SMILES string of the molecule is COC(=O)CCCCC1(N)CNCCNC1. The van der Waals surface area contributed by atoms with Crippen LogP contribution in [0.4, 0.5) is 0 Å². The van der Waals surface area contributed by atoms with Gasteiger partial charge in [0.1, 0.15) is 0 Å². The largest absolute Gasteiger partial charge is 0.469 e. The van der Waals surface area contributed by atoms with Crippen molar-refractivity contribution in [3.63, 3.8) is 0 Å². The average molecular weight is 229 g/mol. The number of unbranched alkanes of at least 4 members (excludes halogenated alkanes) is 1. The molecule has 0 amide bonds. The number of methoxy groups -OCH3 is 1. The van der Waals surface area contributed by atoms with Crippen molar-refractivity contribution >= 4 is 5.97 Å². The van der Waals surface area contributed by atoms with Crippen LogP contribution in [-0.2, 0) is 9.53 Å². The zero-order chi connectivity index (χ0) is 11.9. The van der Waals surface area contributed by atoms with Crippen LogP contribution in [0, 0.1) is 0 Å². The molecule has 0 atom stereocenters. The fourth-order valence-corrected chi connectivity index (χ4v) is 1.94. The molecule has 0 aromatic rings. The van der Waals surface area contributed by atoms with Crippen LogP contribution in [0.3, 0.4) is 0 Å². The van der Waals surface area contributed by atoms with Gasteiger partial charge < -0.3 is 21.1 Å². The van der Waals surface area contributed by atoms with Crippen LogP contribution in [-0.4, -0.2) is 44.8 Å². The third kappa shape index (κ3) is 4.92. The Kier molecular flexibility index (Phi) is 5.73. The second kappa shape index (κ2) is 6.83. The summed E-state index contributed by atoms with van der Waals surface area (Å²) in [7, 11) is 1.42. The van der Waals surface area contributed by atoms with E-state index in [4.69, 9.17) is 5.73 Å². The number of nitrogens with one attached hydrogen (secondary N) is 2. The molecular weight excluding hydrogens is 206 g/mol. The number of hydrogen-bond donors (Lipinski definition) is 3. The fourth-order valence-electron chi connectivity index (χ4n) is 1.94. The number of carbonyl (C=O) groups is 1. The van der Waals surface area contributed by atoms with Crippen LogP contribution in [0.1, 0.15) is 25.7 Å². The Bertz CT molecular complexity index is 213. The Balaban J connectivity index is 2.17. The summed E-state index contributed by atoms with van der Waals surface area (Å²) in [6, 6.07) is 0. The van der Waals surface area contributed by atoms with E-state index in [9.17, 15) is 4.79 Å². The third-order valence-electron chi connectivity index (χ3n) is 2.97. The van der Waals surface area contributed by atoms with Crippen LogP contribution in [0.25, 0.3) is 0 Å². The van der Waals surface area contributed by atoms with Gasteiger partial charge in [-0.3, -0.25) is 4.79 Å². The van der Waals surface area contributed by atoms with Gasteiger partial charge in [0.05, 0.1) is 7.11 Å². The van der Waals surface area contributed by atoms with Gasteiger partial charge in [-0.25, -0.2) is 0 Å². The Morgan fingerprint density at radius 2 is 1.94 bits per heavy atom. The van der Waals surface area contributed by atoms with Gasteiger partial charge in [0, 0.05) is 38.1 Å². The molecule has 0 aromatic carbocycles. The lowest BCUT2D eigenvalue weighted by molar-refractivity contribution is -0.140. The molecule has 0 radical (unpaired) electrons. The summed E-state index contributed by atoms with van der Waals surface area (Å²) in [5, 5.41) is 6.64. The van der Waals surface area contributed by atoms with Gasteiger partial charge in [-0.15, -0.1) is 0 Å². The van der Waals surface area contributed by atoms with E-state index in [1.54, 1.807) is 0 Å². The summed E-state index contributed by atoms with van der Waals surface area (Å²) in [6.07, 6.45) is 3.25. The molecule has 0 bridgehead atoms. The van der Waals surface area contributed by atoms with Gasteiger partial charge in [0.15, 0.2) is 0 Å². The number of hydrogen-bond acceptors (Lipinski definition) is 5. The van der Waals surface area contributed by atoms with Crippen molar-refractivity contribution in [1.82, 2.24) is 10.6 Å². The highest BCUT2D eigenvalue weighted by Crippen LogP contribution is 2.12. The van der Waals surface area contributed by atoms with Crippen molar-refractivity contribution in [2.24, 2.45) is 5.73 Å². The lowest BCUT2D eigenvalue weighted by atomic mass is 9.93. The molecule has 0 aromatic heterocycles. The van der Waals surface area contributed by atoms with E-state index >= 15 is 0 Å². The Morgan fingerprint density at radius 3 is 2.50 bits per heavy atom. The van der Waals surface area contributed by atoms with E-state index < -0.39 is 0 Å². The molecule has 0 unspecified atom stereocenters. The fraction of sp³-hybridized carbons (Fsp3) is 0.909. The molecule has 5 nitrogen and oxygen atoms in total. The maximum absolute atomic E-state index is 10.9. The monoisotopic (exact) mass is 229 g/mol. The molecule has 94 valence electrons. The number of ether oxygens (including phenoxy) is 1. The topological polar surface area (TPSA) is 76.4 Å². The molecule has 1 saturated heterocycles. The highest BCUT2D eigenvalue weighted by Gasteiger charge is 2.25. The predicted octanol–water partition coefficient (Wildman–Crippen LogP) is -0.390. The van der Waals surface area contributed by atoms with Gasteiger partial charge >= 0.3 is 5.97 Å². The van der Waals surface area contributed by atoms with Crippen LogP contribution < -0.4 is 16.4 Å². The first-order valence-corrected chi connectivity index (χ1v) is 5.93. The zero-order valence-corrected chi connectivity index (χ0v) is 10.1. The van der Waals surface area contributed by atoms with Crippen molar-refractivity contribution in [1.29, 1.82) is 0 Å². The lowest BCUT2D eigenvalue weighted by Crippen LogP contribution is -2.52. The molecule has 1 aliphatic rings. The van der Waals surface area contributed by atoms with Gasteiger partial charge in [0.2, 0.25) is 0 Å². The predicted molar refractivity (Wildman–Crippen MR) is 63.1 cm³/mol. The molecule has 4 N–H and O–H groups in total. The molecule has 0 spiro atoms. The molecule has 5 heteroatoms. The van der Waals surface area contributed by atoms with Crippen molar-refractivity contribution in [3.05, 3.63) is 0 Å². The molecule has 0 saturated carbocycles. The lowest BCUT2D eigenvalue weighted by Gasteiger charge is -2.27. The first-order chi connectivity index (χ1) is 7.66. The summed E-state index contributed by atoms with van der Waals surface area (Å²) in [4.78, 5) is 10.9. The van der Waals surface area contributed by atoms with E-state index in [0.717, 1.165) is 45.4 Å². The first kappa shape index (κ1) is 13.4. The average Bonchev–Trinajstić information content (AvgIpc) is 2.50. The molecular formula is C11H23N3O2. The Hall–Kier alpha value is -0.650. The van der Waals surface area contributed by atoms with Crippen molar-refractivity contribution in [2.75, 3.05) is 33.3 Å². The molecule has 0 aliphatic carbocycles. The Labute approximate surface area is 97.1 Å². The molecule has 16 heavy (non-hydrogen) atoms. The van der Waals surface area contributed by atoms with Crippen LogP contribution in [0.15, 0.2) is 0 Å². The van der Waals surface area contributed by atoms with Crippen LogP contribution >= 0.6 is 0 Å². The quantitative estimate of drug-likeness (QED) is 0.442. The molecule has 1 fully saturated rings. The highest BCUT2D eigenvalue weighted by molar-refractivity contribution is 5.68. The second-order valence-electron chi connectivity index (χ2n) is 4.50. The minimum Gasteiger partial charge on any atom is -0.469 e. The van der Waals surface area contributed by atoms with Gasteiger partial charge in [-0.1, -0.05) is 6.42 Å². The third-order valence-corrected chi connectivity index (χ3v) is 2.97. The number of nitrogens with two attached hydrogens (primary N) is 1. The normalized spacial score (nSPS) is 20.1. The minimum atomic E-state index is -0.174. The Morgan fingerprint density at radius 1 is 1.31 bits per heavy atom. The standard InChI is InChI=1S/C11H23N3O2/c1-16-10(15)4-2-3-5-11(12)8-13-6-7-14-9-11/h13-14H,2-9,12H2,1H3. The highest BCUT2D eigenvalue weighted by atomic mass is 16.5. The number of esters is 1. The zero-order valence-electron chi connectivity index (χ0n) is 10.1. The maximum Gasteiger partial charge on any atom is 0.305 e. The molecule has 1 aliphatic heterocycles. The number of rotatable bonds is 5. The van der Waals surface area contributed by atoms with Crippen LogP contribution in [0.5, 0.6) is 0 Å². The summed E-state index contributed by atoms with van der Waals surface area (Å²) in [5.74, 6) is -0.136. The van der Waals surface area contributed by atoms with Crippen molar-refractivity contribution in [3.8, 4) is 0 Å². The summed E-state index contributed by atoms with van der Waals surface area (Å²) < 4.78 is 4.59. The van der Waals surface area contributed by atoms with Gasteiger partial charge in [0.25, 0.3) is 0 Å². The smallest absolute Gasteiger partial charge is 0.305 e. The maximum atomic E-state index is 10.9. The molecule has 1 heterocycles. The van der Waals surface area contributed by atoms with E-state index in [2.05, 4.69) is 15.4 Å². The molecule has 1 rings (SSSR count). The van der Waals surface area contributed by atoms with E-state index in [1.807, 2.05) is 0 Å². The minimum absolute atomic E-state index is 0.136. The van der Waals surface area contributed by atoms with Crippen LogP contribution in [0.2, 0.25) is 0 Å². The second-order valence-corrected chi connectivity index (χ2v) is 4.50. The van der Waals surface area contributed by atoms with Crippen molar-refractivity contribution < 1.29 is 9.53 Å². The van der Waals surface area contributed by atoms with Gasteiger partial charge in [-0.05, 0) is 12.8 Å².